The molecule has 0 bridgehead atoms. The maximum atomic E-state index is 9.89. The molecule has 96 valence electrons. The first kappa shape index (κ1) is 12.5. The van der Waals surface area contributed by atoms with Crippen molar-refractivity contribution in [1.29, 1.82) is 0 Å². The summed E-state index contributed by atoms with van der Waals surface area (Å²) in [5.74, 6) is 1.30. The number of likely N-dealkylation sites (tertiary alicyclic amines) is 1. The van der Waals surface area contributed by atoms with Gasteiger partial charge in [-0.1, -0.05) is 27.7 Å². The Morgan fingerprint density at radius 1 is 1.35 bits per heavy atom. The SMILES string of the molecule is CCC1(O)CN(Cc2nnc(C(C)(C)C)o2)C1. The van der Waals surface area contributed by atoms with Gasteiger partial charge in [0.2, 0.25) is 11.8 Å². The summed E-state index contributed by atoms with van der Waals surface area (Å²) >= 11 is 0. The summed E-state index contributed by atoms with van der Waals surface area (Å²) < 4.78 is 5.61. The van der Waals surface area contributed by atoms with Gasteiger partial charge in [0.15, 0.2) is 0 Å². The van der Waals surface area contributed by atoms with Gasteiger partial charge >= 0.3 is 0 Å². The molecular weight excluding hydrogens is 218 g/mol. The van der Waals surface area contributed by atoms with Crippen molar-refractivity contribution in [2.75, 3.05) is 13.1 Å². The van der Waals surface area contributed by atoms with Crippen LogP contribution in [0.15, 0.2) is 4.42 Å². The lowest BCUT2D eigenvalue weighted by Crippen LogP contribution is -2.60. The third-order valence-electron chi connectivity index (χ3n) is 3.16. The molecule has 0 aromatic carbocycles. The summed E-state index contributed by atoms with van der Waals surface area (Å²) in [7, 11) is 0. The summed E-state index contributed by atoms with van der Waals surface area (Å²) in [5.41, 5.74) is -0.614. The molecule has 0 atom stereocenters. The van der Waals surface area contributed by atoms with Crippen LogP contribution in [0.25, 0.3) is 0 Å². The zero-order valence-corrected chi connectivity index (χ0v) is 11.0. The summed E-state index contributed by atoms with van der Waals surface area (Å²) in [6.45, 7) is 10.2. The lowest BCUT2D eigenvalue weighted by molar-refractivity contribution is -0.105. The van der Waals surface area contributed by atoms with E-state index in [1.807, 2.05) is 27.7 Å². The predicted octanol–water partition coefficient (Wildman–Crippen LogP) is 1.32. The minimum atomic E-state index is -0.507. The third-order valence-corrected chi connectivity index (χ3v) is 3.16. The van der Waals surface area contributed by atoms with Gasteiger partial charge in [0.05, 0.1) is 12.1 Å². The molecule has 1 aromatic rings. The van der Waals surface area contributed by atoms with Crippen molar-refractivity contribution in [2.24, 2.45) is 0 Å². The quantitative estimate of drug-likeness (QED) is 0.862. The first-order valence-corrected chi connectivity index (χ1v) is 6.10. The van der Waals surface area contributed by atoms with E-state index in [-0.39, 0.29) is 5.41 Å². The van der Waals surface area contributed by atoms with Gasteiger partial charge in [0.1, 0.15) is 0 Å². The maximum absolute atomic E-state index is 9.89. The van der Waals surface area contributed by atoms with E-state index in [9.17, 15) is 5.11 Å². The Morgan fingerprint density at radius 2 is 2.00 bits per heavy atom. The molecule has 1 saturated heterocycles. The molecule has 0 radical (unpaired) electrons. The Morgan fingerprint density at radius 3 is 2.47 bits per heavy atom. The first-order valence-electron chi connectivity index (χ1n) is 6.10. The van der Waals surface area contributed by atoms with Crippen molar-refractivity contribution >= 4 is 0 Å². The van der Waals surface area contributed by atoms with Crippen molar-refractivity contribution < 1.29 is 9.52 Å². The van der Waals surface area contributed by atoms with Gasteiger partial charge in [-0.15, -0.1) is 10.2 Å². The summed E-state index contributed by atoms with van der Waals surface area (Å²) in [5, 5.41) is 18.0. The van der Waals surface area contributed by atoms with Crippen molar-refractivity contribution in [2.45, 2.75) is 51.7 Å². The monoisotopic (exact) mass is 239 g/mol. The second-order valence-electron chi connectivity index (χ2n) is 5.97. The fourth-order valence-electron chi connectivity index (χ4n) is 1.93. The van der Waals surface area contributed by atoms with E-state index in [1.165, 1.54) is 0 Å². The van der Waals surface area contributed by atoms with Crippen LogP contribution in [0.2, 0.25) is 0 Å². The van der Waals surface area contributed by atoms with Crippen LogP contribution in [-0.4, -0.2) is 38.9 Å². The van der Waals surface area contributed by atoms with E-state index in [1.54, 1.807) is 0 Å². The van der Waals surface area contributed by atoms with E-state index in [4.69, 9.17) is 4.42 Å². The largest absolute Gasteiger partial charge is 0.423 e. The highest BCUT2D eigenvalue weighted by molar-refractivity contribution is 4.99. The average molecular weight is 239 g/mol. The van der Waals surface area contributed by atoms with Crippen LogP contribution < -0.4 is 0 Å². The Bertz CT molecular complexity index is 389. The third kappa shape index (κ3) is 2.66. The Kier molecular flexibility index (Phi) is 2.99. The second kappa shape index (κ2) is 4.07. The number of aliphatic hydroxyl groups is 1. The number of rotatable bonds is 3. The van der Waals surface area contributed by atoms with Crippen molar-refractivity contribution in [3.05, 3.63) is 11.8 Å². The van der Waals surface area contributed by atoms with Gasteiger partial charge in [0.25, 0.3) is 0 Å². The smallest absolute Gasteiger partial charge is 0.230 e. The van der Waals surface area contributed by atoms with Gasteiger partial charge in [-0.3, -0.25) is 4.90 Å². The maximum Gasteiger partial charge on any atom is 0.230 e. The van der Waals surface area contributed by atoms with Gasteiger partial charge < -0.3 is 9.52 Å². The summed E-state index contributed by atoms with van der Waals surface area (Å²) in [6, 6.07) is 0. The fourth-order valence-corrected chi connectivity index (χ4v) is 1.93. The van der Waals surface area contributed by atoms with Crippen LogP contribution in [0.4, 0.5) is 0 Å². The zero-order chi connectivity index (χ0) is 12.7. The molecule has 17 heavy (non-hydrogen) atoms. The summed E-state index contributed by atoms with van der Waals surface area (Å²) in [6.07, 6.45) is 0.792. The van der Waals surface area contributed by atoms with Crippen LogP contribution in [0.1, 0.15) is 45.9 Å². The van der Waals surface area contributed by atoms with Crippen LogP contribution in [0, 0.1) is 0 Å². The van der Waals surface area contributed by atoms with Gasteiger partial charge in [-0.2, -0.15) is 0 Å². The molecule has 0 spiro atoms. The van der Waals surface area contributed by atoms with E-state index < -0.39 is 5.60 Å². The van der Waals surface area contributed by atoms with Crippen LogP contribution in [0.5, 0.6) is 0 Å². The molecule has 0 aliphatic carbocycles. The highest BCUT2D eigenvalue weighted by atomic mass is 16.4. The van der Waals surface area contributed by atoms with E-state index in [2.05, 4.69) is 15.1 Å². The predicted molar refractivity (Wildman–Crippen MR) is 63.5 cm³/mol. The van der Waals surface area contributed by atoms with E-state index in [0.29, 0.717) is 31.4 Å². The molecule has 1 aliphatic rings. The highest BCUT2D eigenvalue weighted by Crippen LogP contribution is 2.26. The molecule has 1 fully saturated rings. The number of hydrogen-bond donors (Lipinski definition) is 1. The Hall–Kier alpha value is -0.940. The first-order chi connectivity index (χ1) is 7.82. The molecule has 1 aliphatic heterocycles. The lowest BCUT2D eigenvalue weighted by atomic mass is 9.91. The Balaban J connectivity index is 1.91. The van der Waals surface area contributed by atoms with E-state index >= 15 is 0 Å². The molecule has 0 amide bonds. The lowest BCUT2D eigenvalue weighted by Gasteiger charge is -2.45. The van der Waals surface area contributed by atoms with Gasteiger partial charge in [-0.05, 0) is 6.42 Å². The fraction of sp³-hybridized carbons (Fsp3) is 0.833. The Labute approximate surface area is 102 Å². The number of aromatic nitrogens is 2. The van der Waals surface area contributed by atoms with Gasteiger partial charge in [-0.25, -0.2) is 0 Å². The van der Waals surface area contributed by atoms with Crippen molar-refractivity contribution in [3.63, 3.8) is 0 Å². The molecular formula is C12H21N3O2. The molecule has 5 heteroatoms. The number of nitrogens with zero attached hydrogens (tertiary/aromatic N) is 3. The minimum absolute atomic E-state index is 0.107. The zero-order valence-electron chi connectivity index (χ0n) is 11.0. The number of hydrogen-bond acceptors (Lipinski definition) is 5. The molecule has 1 N–H and O–H groups in total. The second-order valence-corrected chi connectivity index (χ2v) is 5.97. The van der Waals surface area contributed by atoms with Crippen molar-refractivity contribution in [3.8, 4) is 0 Å². The molecule has 2 heterocycles. The van der Waals surface area contributed by atoms with Crippen LogP contribution >= 0.6 is 0 Å². The molecule has 5 nitrogen and oxygen atoms in total. The van der Waals surface area contributed by atoms with Crippen molar-refractivity contribution in [1.82, 2.24) is 15.1 Å². The standard InChI is InChI=1S/C12H21N3O2/c1-5-12(16)7-15(8-12)6-9-13-14-10(17-9)11(2,3)4/h16H,5-8H2,1-4H3. The molecule has 1 aromatic heterocycles. The van der Waals surface area contributed by atoms with Crippen LogP contribution in [0.3, 0.4) is 0 Å². The number of β-amino-alcohol motifs (C(OH)–C–C–N with tert-alkyl or cyclic N) is 1. The van der Waals surface area contributed by atoms with Gasteiger partial charge in [0, 0.05) is 18.5 Å². The highest BCUT2D eigenvalue weighted by Gasteiger charge is 2.39. The molecule has 2 rings (SSSR count). The molecule has 0 unspecified atom stereocenters. The average Bonchev–Trinajstić information content (AvgIpc) is 2.63. The topological polar surface area (TPSA) is 62.4 Å². The summed E-state index contributed by atoms with van der Waals surface area (Å²) in [4.78, 5) is 2.11. The minimum Gasteiger partial charge on any atom is -0.423 e. The molecule has 0 saturated carbocycles. The normalized spacial score (nSPS) is 20.3. The van der Waals surface area contributed by atoms with Crippen LogP contribution in [-0.2, 0) is 12.0 Å². The van der Waals surface area contributed by atoms with E-state index in [0.717, 1.165) is 6.42 Å².